The normalized spacial score (nSPS) is 11.8. The largest absolute Gasteiger partial charge is 0.457 e. The minimum Gasteiger partial charge on any atom is -0.457 e. The molecule has 26 heavy (non-hydrogen) atoms. The fraction of sp³-hybridized carbons (Fsp3) is 0.150. The number of hydrogen-bond acceptors (Lipinski definition) is 3. The molecule has 6 heteroatoms. The fourth-order valence-corrected chi connectivity index (χ4v) is 2.57. The molecule has 0 atom stereocenters. The highest BCUT2D eigenvalue weighted by Gasteiger charge is 2.30. The molecule has 3 aromatic rings. The SMILES string of the molecule is CC=CNCc1cc(Oc2ccc(C(F)(F)F)cc2)cc2ncccc12. The van der Waals surface area contributed by atoms with Gasteiger partial charge in [-0.05, 0) is 55.1 Å². The monoisotopic (exact) mass is 358 g/mol. The fourth-order valence-electron chi connectivity index (χ4n) is 2.57. The molecule has 3 rings (SSSR count). The molecule has 1 aromatic heterocycles. The summed E-state index contributed by atoms with van der Waals surface area (Å²) < 4.78 is 43.7. The Morgan fingerprint density at radius 1 is 1.08 bits per heavy atom. The van der Waals surface area contributed by atoms with Crippen LogP contribution in [-0.4, -0.2) is 4.98 Å². The van der Waals surface area contributed by atoms with Gasteiger partial charge in [0.15, 0.2) is 0 Å². The summed E-state index contributed by atoms with van der Waals surface area (Å²) in [6.45, 7) is 2.49. The second-order valence-corrected chi connectivity index (χ2v) is 5.66. The van der Waals surface area contributed by atoms with E-state index in [0.29, 0.717) is 18.0 Å². The summed E-state index contributed by atoms with van der Waals surface area (Å²) in [6, 6.07) is 12.1. The number of halogens is 3. The minimum atomic E-state index is -4.36. The summed E-state index contributed by atoms with van der Waals surface area (Å²) in [5, 5.41) is 4.16. The van der Waals surface area contributed by atoms with Gasteiger partial charge in [0.1, 0.15) is 11.5 Å². The number of allylic oxidation sites excluding steroid dienone is 1. The first-order valence-corrected chi connectivity index (χ1v) is 8.04. The molecule has 0 aliphatic carbocycles. The van der Waals surface area contributed by atoms with Crippen molar-refractivity contribution in [1.29, 1.82) is 0 Å². The Hall–Kier alpha value is -3.02. The van der Waals surface area contributed by atoms with Crippen LogP contribution in [-0.2, 0) is 12.7 Å². The van der Waals surface area contributed by atoms with E-state index in [1.165, 1.54) is 12.1 Å². The number of nitrogens with zero attached hydrogens (tertiary/aromatic N) is 1. The van der Waals surface area contributed by atoms with Crippen molar-refractivity contribution >= 4 is 10.9 Å². The molecule has 0 bridgehead atoms. The average molecular weight is 358 g/mol. The molecular formula is C20H17F3N2O. The maximum atomic E-state index is 12.7. The van der Waals surface area contributed by atoms with Crippen molar-refractivity contribution in [2.24, 2.45) is 0 Å². The second kappa shape index (κ2) is 7.47. The van der Waals surface area contributed by atoms with Crippen LogP contribution in [0, 0.1) is 0 Å². The predicted molar refractivity (Wildman–Crippen MR) is 94.9 cm³/mol. The molecule has 1 N–H and O–H groups in total. The van der Waals surface area contributed by atoms with Crippen molar-refractivity contribution in [3.8, 4) is 11.5 Å². The van der Waals surface area contributed by atoms with Crippen molar-refractivity contribution in [2.75, 3.05) is 0 Å². The molecule has 134 valence electrons. The number of alkyl halides is 3. The van der Waals surface area contributed by atoms with Gasteiger partial charge in [-0.3, -0.25) is 4.98 Å². The highest BCUT2D eigenvalue weighted by atomic mass is 19.4. The van der Waals surface area contributed by atoms with Crippen LogP contribution in [0.25, 0.3) is 10.9 Å². The van der Waals surface area contributed by atoms with E-state index in [4.69, 9.17) is 4.74 Å². The lowest BCUT2D eigenvalue weighted by atomic mass is 10.1. The van der Waals surface area contributed by atoms with Crippen molar-refractivity contribution in [3.63, 3.8) is 0 Å². The third kappa shape index (κ3) is 4.14. The summed E-state index contributed by atoms with van der Waals surface area (Å²) in [7, 11) is 0. The maximum absolute atomic E-state index is 12.7. The number of pyridine rings is 1. The van der Waals surface area contributed by atoms with Gasteiger partial charge in [0.2, 0.25) is 0 Å². The second-order valence-electron chi connectivity index (χ2n) is 5.66. The Labute approximate surface area is 149 Å². The summed E-state index contributed by atoms with van der Waals surface area (Å²) in [6.07, 6.45) is 1.05. The average Bonchev–Trinajstić information content (AvgIpc) is 2.61. The first-order valence-electron chi connectivity index (χ1n) is 8.04. The van der Waals surface area contributed by atoms with Crippen molar-refractivity contribution in [3.05, 3.63) is 78.1 Å². The molecule has 1 heterocycles. The number of nitrogens with one attached hydrogen (secondary N) is 1. The number of ether oxygens (including phenoxy) is 1. The van der Waals surface area contributed by atoms with Crippen LogP contribution in [0.5, 0.6) is 11.5 Å². The number of rotatable bonds is 5. The summed E-state index contributed by atoms with van der Waals surface area (Å²) in [5.41, 5.74) is 1.03. The molecule has 0 radical (unpaired) electrons. The van der Waals surface area contributed by atoms with Crippen LogP contribution in [0.3, 0.4) is 0 Å². The number of hydrogen-bond donors (Lipinski definition) is 1. The summed E-state index contributed by atoms with van der Waals surface area (Å²) in [5.74, 6) is 0.855. The lowest BCUT2D eigenvalue weighted by Crippen LogP contribution is -2.05. The Morgan fingerprint density at radius 3 is 2.54 bits per heavy atom. The van der Waals surface area contributed by atoms with E-state index in [9.17, 15) is 13.2 Å². The Bertz CT molecular complexity index is 918. The molecule has 0 fully saturated rings. The maximum Gasteiger partial charge on any atom is 0.416 e. The highest BCUT2D eigenvalue weighted by molar-refractivity contribution is 5.83. The van der Waals surface area contributed by atoms with E-state index in [1.54, 1.807) is 12.3 Å². The van der Waals surface area contributed by atoms with E-state index in [2.05, 4.69) is 10.3 Å². The minimum absolute atomic E-state index is 0.334. The van der Waals surface area contributed by atoms with E-state index < -0.39 is 11.7 Å². The van der Waals surface area contributed by atoms with Gasteiger partial charge in [-0.25, -0.2) is 0 Å². The van der Waals surface area contributed by atoms with Crippen LogP contribution in [0.1, 0.15) is 18.1 Å². The molecular weight excluding hydrogens is 341 g/mol. The van der Waals surface area contributed by atoms with E-state index in [1.807, 2.05) is 37.4 Å². The van der Waals surface area contributed by atoms with E-state index in [-0.39, 0.29) is 0 Å². The van der Waals surface area contributed by atoms with Crippen LogP contribution in [0.2, 0.25) is 0 Å². The number of benzene rings is 2. The van der Waals surface area contributed by atoms with Gasteiger partial charge in [0.05, 0.1) is 11.1 Å². The van der Waals surface area contributed by atoms with Crippen LogP contribution in [0.4, 0.5) is 13.2 Å². The van der Waals surface area contributed by atoms with Gasteiger partial charge in [-0.15, -0.1) is 0 Å². The van der Waals surface area contributed by atoms with E-state index >= 15 is 0 Å². The molecule has 0 amide bonds. The summed E-state index contributed by atoms with van der Waals surface area (Å²) >= 11 is 0. The lowest BCUT2D eigenvalue weighted by Gasteiger charge is -2.12. The van der Waals surface area contributed by atoms with Crippen LogP contribution >= 0.6 is 0 Å². The lowest BCUT2D eigenvalue weighted by molar-refractivity contribution is -0.137. The Balaban J connectivity index is 1.89. The molecule has 0 saturated carbocycles. The molecule has 3 nitrogen and oxygen atoms in total. The van der Waals surface area contributed by atoms with Gasteiger partial charge >= 0.3 is 6.18 Å². The quantitative estimate of drug-likeness (QED) is 0.638. The molecule has 0 spiro atoms. The standard InChI is InChI=1S/C20H17F3N2O/c1-2-9-24-13-14-11-17(12-19-18(14)4-3-10-25-19)26-16-7-5-15(6-8-16)20(21,22)23/h2-12,24H,13H2,1H3. The van der Waals surface area contributed by atoms with E-state index in [0.717, 1.165) is 28.6 Å². The molecule has 0 aliphatic rings. The molecule has 2 aromatic carbocycles. The summed E-state index contributed by atoms with van der Waals surface area (Å²) in [4.78, 5) is 4.34. The van der Waals surface area contributed by atoms with Gasteiger partial charge in [0, 0.05) is 24.2 Å². The van der Waals surface area contributed by atoms with Crippen molar-refractivity contribution in [2.45, 2.75) is 19.6 Å². The Morgan fingerprint density at radius 2 is 1.85 bits per heavy atom. The zero-order chi connectivity index (χ0) is 18.6. The van der Waals surface area contributed by atoms with Crippen molar-refractivity contribution < 1.29 is 17.9 Å². The third-order valence-corrected chi connectivity index (χ3v) is 3.77. The first kappa shape index (κ1) is 17.8. The van der Waals surface area contributed by atoms with Crippen LogP contribution < -0.4 is 10.1 Å². The van der Waals surface area contributed by atoms with Crippen molar-refractivity contribution in [1.82, 2.24) is 10.3 Å². The predicted octanol–water partition coefficient (Wildman–Crippen LogP) is 5.67. The third-order valence-electron chi connectivity index (χ3n) is 3.77. The van der Waals surface area contributed by atoms with Gasteiger partial charge < -0.3 is 10.1 Å². The smallest absolute Gasteiger partial charge is 0.416 e. The zero-order valence-corrected chi connectivity index (χ0v) is 14.0. The first-order chi connectivity index (χ1) is 12.5. The van der Waals surface area contributed by atoms with Gasteiger partial charge in [-0.1, -0.05) is 12.1 Å². The van der Waals surface area contributed by atoms with Gasteiger partial charge in [0.25, 0.3) is 0 Å². The van der Waals surface area contributed by atoms with Crippen LogP contribution in [0.15, 0.2) is 67.0 Å². The number of fused-ring (bicyclic) bond motifs is 1. The highest BCUT2D eigenvalue weighted by Crippen LogP contribution is 2.32. The van der Waals surface area contributed by atoms with Gasteiger partial charge in [-0.2, -0.15) is 13.2 Å². The molecule has 0 aliphatic heterocycles. The Kier molecular flexibility index (Phi) is 5.11. The molecule has 0 saturated heterocycles. The topological polar surface area (TPSA) is 34.1 Å². The zero-order valence-electron chi connectivity index (χ0n) is 14.0. The number of aromatic nitrogens is 1. The molecule has 0 unspecified atom stereocenters.